The smallest absolute Gasteiger partial charge is 0.192 e. The molecule has 1 aliphatic carbocycles. The molecular weight excluding hydrogens is 392 g/mol. The van der Waals surface area contributed by atoms with E-state index >= 15 is 0 Å². The quantitative estimate of drug-likeness (QED) is 0.295. The number of rotatable bonds is 6. The number of carbonyl (C=O) groups is 2. The maximum Gasteiger partial charge on any atom is 0.192 e. The third-order valence-electron chi connectivity index (χ3n) is 4.89. The van der Waals surface area contributed by atoms with E-state index in [1.165, 1.54) is 19.1 Å². The highest BCUT2D eigenvalue weighted by atomic mass is 16.3. The Labute approximate surface area is 174 Å². The van der Waals surface area contributed by atoms with E-state index in [0.717, 1.165) is 0 Å². The van der Waals surface area contributed by atoms with E-state index in [1.54, 1.807) is 6.92 Å². The van der Waals surface area contributed by atoms with Gasteiger partial charge in [-0.2, -0.15) is 0 Å². The normalized spacial score (nSPS) is 13.9. The van der Waals surface area contributed by atoms with E-state index in [-0.39, 0.29) is 44.9 Å². The lowest BCUT2D eigenvalue weighted by molar-refractivity contribution is -0.117. The van der Waals surface area contributed by atoms with Crippen molar-refractivity contribution in [2.45, 2.75) is 27.1 Å². The van der Waals surface area contributed by atoms with E-state index in [9.17, 15) is 19.8 Å². The Hall–Kier alpha value is -3.04. The van der Waals surface area contributed by atoms with Crippen LogP contribution in [0.1, 0.15) is 29.2 Å². The van der Waals surface area contributed by atoms with Crippen molar-refractivity contribution < 1.29 is 40.2 Å². The first kappa shape index (κ1) is 25.0. The summed E-state index contributed by atoms with van der Waals surface area (Å²) in [6.07, 6.45) is 2.68. The van der Waals surface area contributed by atoms with Crippen molar-refractivity contribution in [2.24, 2.45) is 0 Å². The minimum atomic E-state index is -0.551. The van der Waals surface area contributed by atoms with Gasteiger partial charge in [0.15, 0.2) is 11.6 Å². The SMILES string of the molecule is C=CC1=C(C)C(=O)C(CO)=C(CO)C1=O.C=Cc1c(C)c(O)c(CO)c(CO)c1O. The number of Topliss-reactive ketones (excluding diaryl/α,β-unsaturated/α-hetero) is 2. The lowest BCUT2D eigenvalue weighted by Gasteiger charge is -2.18. The summed E-state index contributed by atoms with van der Waals surface area (Å²) in [5, 5.41) is 55.5. The zero-order valence-electron chi connectivity index (χ0n) is 16.9. The molecular formula is C22H26O8. The highest BCUT2D eigenvalue weighted by Crippen LogP contribution is 2.37. The Kier molecular flexibility index (Phi) is 8.88. The number of aliphatic hydroxyl groups is 4. The molecule has 1 aromatic carbocycles. The second kappa shape index (κ2) is 10.7. The number of aromatic hydroxyl groups is 2. The van der Waals surface area contributed by atoms with Crippen molar-refractivity contribution in [3.8, 4) is 11.5 Å². The van der Waals surface area contributed by atoms with Crippen LogP contribution in [-0.4, -0.2) is 55.4 Å². The van der Waals surface area contributed by atoms with Crippen molar-refractivity contribution in [1.82, 2.24) is 0 Å². The van der Waals surface area contributed by atoms with Crippen molar-refractivity contribution in [3.63, 3.8) is 0 Å². The summed E-state index contributed by atoms with van der Waals surface area (Å²) in [5.74, 6) is -1.11. The standard InChI is InChI=1S/C11H14O4.C11H12O4/c2*1-3-7-6(2)10(14)8(4-12)9(5-13)11(7)15/h3,12-15H,1,4-5H2,2H3;3,12-13H,1,4-5H2,2H3. The molecule has 0 atom stereocenters. The fraction of sp³-hybridized carbons (Fsp3) is 0.273. The zero-order chi connectivity index (χ0) is 23.2. The molecule has 0 fully saturated rings. The van der Waals surface area contributed by atoms with Crippen LogP contribution in [0.4, 0.5) is 0 Å². The first-order valence-electron chi connectivity index (χ1n) is 8.93. The molecule has 0 amide bonds. The van der Waals surface area contributed by atoms with Crippen LogP contribution in [0.25, 0.3) is 6.08 Å². The first-order chi connectivity index (χ1) is 14.2. The van der Waals surface area contributed by atoms with Gasteiger partial charge in [-0.1, -0.05) is 25.3 Å². The number of hydrogen-bond acceptors (Lipinski definition) is 8. The summed E-state index contributed by atoms with van der Waals surface area (Å²) in [6.45, 7) is 8.08. The van der Waals surface area contributed by atoms with Crippen molar-refractivity contribution in [3.05, 3.63) is 63.8 Å². The number of ketones is 2. The van der Waals surface area contributed by atoms with Gasteiger partial charge in [0.25, 0.3) is 0 Å². The van der Waals surface area contributed by atoms with E-state index in [2.05, 4.69) is 13.2 Å². The van der Waals surface area contributed by atoms with Gasteiger partial charge < -0.3 is 30.6 Å². The molecule has 1 aromatic rings. The third-order valence-corrected chi connectivity index (χ3v) is 4.89. The maximum absolute atomic E-state index is 11.7. The predicted octanol–water partition coefficient (Wildman–Crippen LogP) is 0.956. The lowest BCUT2D eigenvalue weighted by atomic mass is 9.85. The molecule has 0 heterocycles. The van der Waals surface area contributed by atoms with Crippen molar-refractivity contribution >= 4 is 17.6 Å². The number of hydrogen-bond donors (Lipinski definition) is 6. The Balaban J connectivity index is 0.000000300. The summed E-state index contributed by atoms with van der Waals surface area (Å²) in [6, 6.07) is 0. The largest absolute Gasteiger partial charge is 0.507 e. The number of allylic oxidation sites excluding steroid dienone is 3. The second-order valence-corrected chi connectivity index (χ2v) is 6.39. The van der Waals surface area contributed by atoms with Crippen LogP contribution in [0.3, 0.4) is 0 Å². The van der Waals surface area contributed by atoms with Crippen LogP contribution in [0.2, 0.25) is 0 Å². The molecule has 0 saturated heterocycles. The van der Waals surface area contributed by atoms with E-state index < -0.39 is 38.0 Å². The molecule has 0 radical (unpaired) electrons. The van der Waals surface area contributed by atoms with Gasteiger partial charge in [-0.25, -0.2) is 0 Å². The van der Waals surface area contributed by atoms with E-state index in [4.69, 9.17) is 20.4 Å². The van der Waals surface area contributed by atoms with Crippen LogP contribution >= 0.6 is 0 Å². The molecule has 0 unspecified atom stereocenters. The number of benzene rings is 1. The molecule has 0 aliphatic heterocycles. The third kappa shape index (κ3) is 4.42. The average molecular weight is 418 g/mol. The maximum atomic E-state index is 11.7. The topological polar surface area (TPSA) is 156 Å². The van der Waals surface area contributed by atoms with E-state index in [1.807, 2.05) is 0 Å². The average Bonchev–Trinajstić information content (AvgIpc) is 2.74. The minimum Gasteiger partial charge on any atom is -0.507 e. The molecule has 2 rings (SSSR count). The second-order valence-electron chi connectivity index (χ2n) is 6.39. The van der Waals surface area contributed by atoms with Crippen LogP contribution in [0.5, 0.6) is 11.5 Å². The van der Waals surface area contributed by atoms with Gasteiger partial charge in [0.1, 0.15) is 11.5 Å². The molecule has 6 N–H and O–H groups in total. The summed E-state index contributed by atoms with van der Waals surface area (Å²) >= 11 is 0. The molecule has 0 saturated carbocycles. The molecule has 0 bridgehead atoms. The fourth-order valence-electron chi connectivity index (χ4n) is 3.11. The summed E-state index contributed by atoms with van der Waals surface area (Å²) in [7, 11) is 0. The highest BCUT2D eigenvalue weighted by Gasteiger charge is 2.29. The van der Waals surface area contributed by atoms with Gasteiger partial charge >= 0.3 is 0 Å². The summed E-state index contributed by atoms with van der Waals surface area (Å²) < 4.78 is 0. The van der Waals surface area contributed by atoms with Gasteiger partial charge in [-0.3, -0.25) is 9.59 Å². The molecule has 8 heteroatoms. The van der Waals surface area contributed by atoms with Crippen molar-refractivity contribution in [2.75, 3.05) is 13.2 Å². The van der Waals surface area contributed by atoms with Gasteiger partial charge in [-0.15, -0.1) is 0 Å². The van der Waals surface area contributed by atoms with E-state index in [0.29, 0.717) is 11.1 Å². The number of aliphatic hydroxyl groups excluding tert-OH is 4. The molecule has 8 nitrogen and oxygen atoms in total. The molecule has 1 aliphatic rings. The number of carbonyl (C=O) groups excluding carboxylic acids is 2. The van der Waals surface area contributed by atoms with Crippen LogP contribution in [-0.2, 0) is 22.8 Å². The van der Waals surface area contributed by atoms with Crippen molar-refractivity contribution in [1.29, 1.82) is 0 Å². The highest BCUT2D eigenvalue weighted by molar-refractivity contribution is 6.26. The Morgan fingerprint density at radius 3 is 1.60 bits per heavy atom. The number of phenols is 2. The van der Waals surface area contributed by atoms with Crippen LogP contribution in [0.15, 0.2) is 41.5 Å². The molecule has 0 spiro atoms. The van der Waals surface area contributed by atoms with Crippen LogP contribution in [0, 0.1) is 6.92 Å². The molecule has 0 aromatic heterocycles. The fourth-order valence-corrected chi connectivity index (χ4v) is 3.11. The van der Waals surface area contributed by atoms with Gasteiger partial charge in [0.05, 0.1) is 26.4 Å². The summed E-state index contributed by atoms with van der Waals surface area (Å²) in [5.41, 5.74) is 1.48. The Morgan fingerprint density at radius 1 is 0.733 bits per heavy atom. The van der Waals surface area contributed by atoms with Gasteiger partial charge in [0.2, 0.25) is 0 Å². The monoisotopic (exact) mass is 418 g/mol. The molecule has 162 valence electrons. The predicted molar refractivity (Wildman–Crippen MR) is 111 cm³/mol. The first-order valence-corrected chi connectivity index (χ1v) is 8.93. The molecule has 30 heavy (non-hydrogen) atoms. The van der Waals surface area contributed by atoms with Crippen LogP contribution < -0.4 is 0 Å². The minimum absolute atomic E-state index is 0.0226. The Bertz CT molecular complexity index is 951. The zero-order valence-corrected chi connectivity index (χ0v) is 16.9. The van der Waals surface area contributed by atoms with Gasteiger partial charge in [-0.05, 0) is 13.8 Å². The lowest BCUT2D eigenvalue weighted by Crippen LogP contribution is -2.25. The van der Waals surface area contributed by atoms with Gasteiger partial charge in [0, 0.05) is 44.5 Å². The Morgan fingerprint density at radius 2 is 1.20 bits per heavy atom. The summed E-state index contributed by atoms with van der Waals surface area (Å²) in [4.78, 5) is 23.4.